The maximum absolute atomic E-state index is 13.3. The van der Waals surface area contributed by atoms with Gasteiger partial charge in [-0.1, -0.05) is 35.5 Å². The quantitative estimate of drug-likeness (QED) is 0.627. The number of methoxy groups -OCH3 is 2. The first-order valence-corrected chi connectivity index (χ1v) is 9.45. The zero-order chi connectivity index (χ0) is 20.8. The summed E-state index contributed by atoms with van der Waals surface area (Å²) < 4.78 is 10.7. The first kappa shape index (κ1) is 18.2. The van der Waals surface area contributed by atoms with Crippen molar-refractivity contribution >= 4 is 34.0 Å². The van der Waals surface area contributed by atoms with E-state index in [0.717, 1.165) is 10.8 Å². The molecule has 2 heterocycles. The molecule has 1 fully saturated rings. The smallest absolute Gasteiger partial charge is 0.278 e. The molecule has 2 aliphatic rings. The summed E-state index contributed by atoms with van der Waals surface area (Å²) in [6.07, 6.45) is -0.981. The molecule has 5 rings (SSSR count). The second-order valence-corrected chi connectivity index (χ2v) is 7.09. The Morgan fingerprint density at radius 3 is 2.47 bits per heavy atom. The molecule has 3 aromatic carbocycles. The van der Waals surface area contributed by atoms with Gasteiger partial charge in [0.1, 0.15) is 23.1 Å². The highest BCUT2D eigenvalue weighted by molar-refractivity contribution is 6.33. The van der Waals surface area contributed by atoms with Crippen LogP contribution >= 0.6 is 0 Å². The number of benzene rings is 3. The number of oxime groups is 1. The zero-order valence-electron chi connectivity index (χ0n) is 16.4. The maximum Gasteiger partial charge on any atom is 0.278 e. The number of hydrogen-bond donors (Lipinski definition) is 0. The number of carbonyl (C=O) groups is 2. The van der Waals surface area contributed by atoms with Crippen molar-refractivity contribution in [3.05, 3.63) is 66.2 Å². The Morgan fingerprint density at radius 1 is 0.900 bits per heavy atom. The van der Waals surface area contributed by atoms with Gasteiger partial charge in [0.2, 0.25) is 12.0 Å². The molecule has 30 heavy (non-hydrogen) atoms. The van der Waals surface area contributed by atoms with E-state index >= 15 is 0 Å². The average Bonchev–Trinajstić information content (AvgIpc) is 3.32. The molecule has 0 saturated carbocycles. The highest BCUT2D eigenvalue weighted by atomic mass is 16.7. The molecule has 0 spiro atoms. The van der Waals surface area contributed by atoms with Crippen LogP contribution in [-0.4, -0.2) is 37.8 Å². The summed E-state index contributed by atoms with van der Waals surface area (Å²) in [7, 11) is 3.08. The fourth-order valence-corrected chi connectivity index (χ4v) is 3.98. The molecule has 7 heteroatoms. The Hall–Kier alpha value is -3.87. The van der Waals surface area contributed by atoms with Crippen molar-refractivity contribution in [1.82, 2.24) is 0 Å². The van der Waals surface area contributed by atoms with Gasteiger partial charge in [0.05, 0.1) is 19.9 Å². The lowest BCUT2D eigenvalue weighted by Gasteiger charge is -2.16. The minimum atomic E-state index is -0.981. The minimum absolute atomic E-state index is 0.366. The van der Waals surface area contributed by atoms with Crippen LogP contribution < -0.4 is 14.4 Å². The van der Waals surface area contributed by atoms with E-state index in [-0.39, 0.29) is 5.91 Å². The Morgan fingerprint density at radius 2 is 1.70 bits per heavy atom. The summed E-state index contributed by atoms with van der Waals surface area (Å²) in [5.41, 5.74) is 1.48. The summed E-state index contributed by atoms with van der Waals surface area (Å²) in [6.45, 7) is 0. The number of anilines is 1. The molecule has 0 N–H and O–H groups in total. The Kier molecular flexibility index (Phi) is 4.17. The molecular weight excluding hydrogens is 384 g/mol. The summed E-state index contributed by atoms with van der Waals surface area (Å²) >= 11 is 0. The van der Waals surface area contributed by atoms with Crippen molar-refractivity contribution in [2.45, 2.75) is 6.10 Å². The lowest BCUT2D eigenvalue weighted by atomic mass is 9.93. The highest BCUT2D eigenvalue weighted by Crippen LogP contribution is 2.38. The SMILES string of the molecule is COc1ccc(C2=NO[C@H]3C(=O)N(c4ccc5ccccc5c4)C(=O)[C@H]23)c(OC)c1. The van der Waals surface area contributed by atoms with Crippen molar-refractivity contribution in [1.29, 1.82) is 0 Å². The average molecular weight is 402 g/mol. The van der Waals surface area contributed by atoms with E-state index in [0.29, 0.717) is 28.5 Å². The normalized spacial score (nSPS) is 20.2. The maximum atomic E-state index is 13.3. The first-order valence-electron chi connectivity index (χ1n) is 9.45. The van der Waals surface area contributed by atoms with Crippen LogP contribution in [0.15, 0.2) is 65.8 Å². The number of fused-ring (bicyclic) bond motifs is 2. The van der Waals surface area contributed by atoms with Gasteiger partial charge in [-0.25, -0.2) is 4.90 Å². The Bertz CT molecular complexity index is 1220. The van der Waals surface area contributed by atoms with Crippen molar-refractivity contribution in [2.75, 3.05) is 19.1 Å². The van der Waals surface area contributed by atoms with Crippen LogP contribution in [0, 0.1) is 5.92 Å². The standard InChI is InChI=1S/C23H18N2O5/c1-28-16-9-10-17(18(12-16)29-2)20-19-21(30-24-20)23(27)25(22(19)26)15-8-7-13-5-3-4-6-14(13)11-15/h3-12,19,21H,1-2H3/t19-,21-/m1/s1. The molecule has 2 aliphatic heterocycles. The van der Waals surface area contributed by atoms with Gasteiger partial charge < -0.3 is 14.3 Å². The third-order valence-electron chi connectivity index (χ3n) is 5.49. The zero-order valence-corrected chi connectivity index (χ0v) is 16.4. The Labute approximate surface area is 172 Å². The van der Waals surface area contributed by atoms with Crippen molar-refractivity contribution < 1.29 is 23.9 Å². The molecule has 3 aromatic rings. The van der Waals surface area contributed by atoms with Gasteiger partial charge in [-0.2, -0.15) is 0 Å². The molecule has 0 aromatic heterocycles. The number of hydrogen-bond acceptors (Lipinski definition) is 6. The third-order valence-corrected chi connectivity index (χ3v) is 5.49. The van der Waals surface area contributed by atoms with E-state index in [4.69, 9.17) is 14.3 Å². The molecule has 2 atom stereocenters. The number of rotatable bonds is 4. The molecule has 0 radical (unpaired) electrons. The second kappa shape index (κ2) is 6.88. The topological polar surface area (TPSA) is 77.4 Å². The number of amides is 2. The van der Waals surface area contributed by atoms with Gasteiger partial charge in [0.15, 0.2) is 0 Å². The van der Waals surface area contributed by atoms with E-state index in [9.17, 15) is 9.59 Å². The summed E-state index contributed by atoms with van der Waals surface area (Å²) in [5.74, 6) is -0.521. The van der Waals surface area contributed by atoms with Crippen LogP contribution in [0.4, 0.5) is 5.69 Å². The first-order chi connectivity index (χ1) is 14.6. The predicted molar refractivity (Wildman–Crippen MR) is 111 cm³/mol. The van der Waals surface area contributed by atoms with E-state index in [1.807, 2.05) is 36.4 Å². The molecule has 1 saturated heterocycles. The molecule has 0 unspecified atom stereocenters. The van der Waals surface area contributed by atoms with Gasteiger partial charge in [0.25, 0.3) is 5.91 Å². The number of carbonyl (C=O) groups excluding carboxylic acids is 2. The highest BCUT2D eigenvalue weighted by Gasteiger charge is 2.56. The lowest BCUT2D eigenvalue weighted by molar-refractivity contribution is -0.126. The molecule has 0 bridgehead atoms. The molecule has 7 nitrogen and oxygen atoms in total. The van der Waals surface area contributed by atoms with Crippen LogP contribution in [0.1, 0.15) is 5.56 Å². The van der Waals surface area contributed by atoms with E-state index in [1.165, 1.54) is 12.0 Å². The monoisotopic (exact) mass is 402 g/mol. The van der Waals surface area contributed by atoms with Gasteiger partial charge in [-0.15, -0.1) is 0 Å². The van der Waals surface area contributed by atoms with Gasteiger partial charge >= 0.3 is 0 Å². The Balaban J connectivity index is 1.53. The van der Waals surface area contributed by atoms with Gasteiger partial charge in [-0.05, 0) is 35.0 Å². The van der Waals surface area contributed by atoms with Crippen LogP contribution in [0.5, 0.6) is 11.5 Å². The third kappa shape index (κ3) is 2.62. The van der Waals surface area contributed by atoms with Crippen LogP contribution in [0.3, 0.4) is 0 Å². The van der Waals surface area contributed by atoms with Gasteiger partial charge in [0, 0.05) is 11.6 Å². The fraction of sp³-hybridized carbons (Fsp3) is 0.174. The molecular formula is C23H18N2O5. The van der Waals surface area contributed by atoms with E-state index < -0.39 is 17.9 Å². The predicted octanol–water partition coefficient (Wildman–Crippen LogP) is 3.15. The summed E-state index contributed by atoms with van der Waals surface area (Å²) in [5, 5.41) is 6.03. The van der Waals surface area contributed by atoms with Crippen molar-refractivity contribution in [3.8, 4) is 11.5 Å². The summed E-state index contributed by atoms with van der Waals surface area (Å²) in [4.78, 5) is 32.9. The number of imide groups is 1. The lowest BCUT2D eigenvalue weighted by Crippen LogP contribution is -2.33. The van der Waals surface area contributed by atoms with Crippen LogP contribution in [0.2, 0.25) is 0 Å². The van der Waals surface area contributed by atoms with Crippen molar-refractivity contribution in [2.24, 2.45) is 11.1 Å². The molecule has 0 aliphatic carbocycles. The molecule has 2 amide bonds. The fourth-order valence-electron chi connectivity index (χ4n) is 3.98. The number of ether oxygens (including phenoxy) is 2. The molecule has 150 valence electrons. The van der Waals surface area contributed by atoms with E-state index in [2.05, 4.69) is 5.16 Å². The van der Waals surface area contributed by atoms with Crippen molar-refractivity contribution in [3.63, 3.8) is 0 Å². The summed E-state index contributed by atoms with van der Waals surface area (Å²) in [6, 6.07) is 18.5. The second-order valence-electron chi connectivity index (χ2n) is 7.09. The van der Waals surface area contributed by atoms with E-state index in [1.54, 1.807) is 31.4 Å². The van der Waals surface area contributed by atoms with Gasteiger partial charge in [-0.3, -0.25) is 9.59 Å². The largest absolute Gasteiger partial charge is 0.497 e. The minimum Gasteiger partial charge on any atom is -0.497 e. The van der Waals surface area contributed by atoms with Crippen LogP contribution in [0.25, 0.3) is 10.8 Å². The van der Waals surface area contributed by atoms with Crippen LogP contribution in [-0.2, 0) is 14.4 Å². The number of nitrogens with zero attached hydrogens (tertiary/aromatic N) is 2.